The molecule has 0 fully saturated rings. The van der Waals surface area contributed by atoms with Crippen LogP contribution in [0.15, 0.2) is 24.9 Å². The standard InChI is InChI=1S/C9H16O2.C7H8N2O3/c1-4-6-7-8(3)11-9(10)5-2;1-12-4-2-3-9-5(6(4)10)7(8)11/h4,8H,1,5-7H2,2-3H3;2-3,10H,1H3,(H2,8,11). The topological polar surface area (TPSA) is 112 Å². The van der Waals surface area contributed by atoms with Crippen LogP contribution in [0.1, 0.15) is 43.6 Å². The number of carbonyl (C=O) groups is 2. The van der Waals surface area contributed by atoms with Gasteiger partial charge in [0.05, 0.1) is 13.2 Å². The summed E-state index contributed by atoms with van der Waals surface area (Å²) in [5.74, 6) is -1.06. The van der Waals surface area contributed by atoms with E-state index >= 15 is 0 Å². The highest BCUT2D eigenvalue weighted by Crippen LogP contribution is 2.26. The monoisotopic (exact) mass is 324 g/mol. The average Bonchev–Trinajstić information content (AvgIpc) is 2.53. The predicted octanol–water partition coefficient (Wildman–Crippen LogP) is 2.19. The number of primary amides is 1. The molecule has 1 amide bonds. The molecule has 7 heteroatoms. The minimum Gasteiger partial charge on any atom is -0.503 e. The zero-order valence-corrected chi connectivity index (χ0v) is 13.7. The molecule has 0 saturated carbocycles. The van der Waals surface area contributed by atoms with Crippen LogP contribution in [0, 0.1) is 0 Å². The number of nitrogens with zero attached hydrogens (tertiary/aromatic N) is 1. The Hall–Kier alpha value is -2.57. The van der Waals surface area contributed by atoms with E-state index in [-0.39, 0.29) is 29.3 Å². The molecule has 1 aromatic rings. The first-order valence-electron chi connectivity index (χ1n) is 7.19. The number of ether oxygens (including phenoxy) is 2. The maximum atomic E-state index is 10.7. The minimum atomic E-state index is -0.786. The molecule has 1 atom stereocenters. The smallest absolute Gasteiger partial charge is 0.305 e. The van der Waals surface area contributed by atoms with Gasteiger partial charge in [-0.05, 0) is 19.8 Å². The fourth-order valence-corrected chi connectivity index (χ4v) is 1.50. The number of aromatic hydroxyl groups is 1. The van der Waals surface area contributed by atoms with E-state index in [1.807, 2.05) is 13.0 Å². The summed E-state index contributed by atoms with van der Waals surface area (Å²) < 4.78 is 9.75. The Morgan fingerprint density at radius 3 is 2.65 bits per heavy atom. The fourth-order valence-electron chi connectivity index (χ4n) is 1.50. The molecular weight excluding hydrogens is 300 g/mol. The Balaban J connectivity index is 0.000000423. The first-order valence-corrected chi connectivity index (χ1v) is 7.19. The molecule has 23 heavy (non-hydrogen) atoms. The number of nitrogens with two attached hydrogens (primary N) is 1. The van der Waals surface area contributed by atoms with Crippen LogP contribution in [-0.2, 0) is 9.53 Å². The van der Waals surface area contributed by atoms with Crippen LogP contribution in [0.3, 0.4) is 0 Å². The first-order chi connectivity index (χ1) is 10.9. The molecule has 1 heterocycles. The number of rotatable bonds is 7. The van der Waals surface area contributed by atoms with E-state index in [0.717, 1.165) is 12.8 Å². The Bertz CT molecular complexity index is 531. The van der Waals surface area contributed by atoms with Crippen LogP contribution in [0.4, 0.5) is 0 Å². The number of allylic oxidation sites excluding steroid dienone is 1. The number of esters is 1. The Morgan fingerprint density at radius 1 is 1.52 bits per heavy atom. The van der Waals surface area contributed by atoms with Crippen LogP contribution < -0.4 is 10.5 Å². The highest BCUT2D eigenvalue weighted by molar-refractivity contribution is 5.94. The van der Waals surface area contributed by atoms with Gasteiger partial charge in [-0.3, -0.25) is 9.59 Å². The zero-order valence-electron chi connectivity index (χ0n) is 13.7. The van der Waals surface area contributed by atoms with Crippen LogP contribution in [0.5, 0.6) is 11.5 Å². The molecule has 0 aliphatic rings. The van der Waals surface area contributed by atoms with Gasteiger partial charge in [0.1, 0.15) is 0 Å². The molecule has 1 rings (SSSR count). The Kier molecular flexibility index (Phi) is 9.82. The molecular formula is C16H24N2O5. The van der Waals surface area contributed by atoms with Crippen LogP contribution in [0.2, 0.25) is 0 Å². The normalized spacial score (nSPS) is 10.7. The van der Waals surface area contributed by atoms with E-state index in [4.69, 9.17) is 15.2 Å². The second kappa shape index (κ2) is 11.1. The third-order valence-corrected chi connectivity index (χ3v) is 2.74. The summed E-state index contributed by atoms with van der Waals surface area (Å²) in [7, 11) is 1.37. The molecule has 1 aromatic heterocycles. The molecule has 0 aromatic carbocycles. The van der Waals surface area contributed by atoms with Crippen molar-refractivity contribution in [3.8, 4) is 11.5 Å². The van der Waals surface area contributed by atoms with Gasteiger partial charge in [0.25, 0.3) is 5.91 Å². The van der Waals surface area contributed by atoms with Crippen molar-refractivity contribution in [3.63, 3.8) is 0 Å². The van der Waals surface area contributed by atoms with Crippen LogP contribution >= 0.6 is 0 Å². The second-order valence-electron chi connectivity index (χ2n) is 4.59. The van der Waals surface area contributed by atoms with E-state index in [1.54, 1.807) is 6.92 Å². The average molecular weight is 324 g/mol. The van der Waals surface area contributed by atoms with Crippen molar-refractivity contribution in [2.45, 2.75) is 39.2 Å². The maximum absolute atomic E-state index is 10.7. The van der Waals surface area contributed by atoms with Gasteiger partial charge in [-0.25, -0.2) is 4.98 Å². The molecule has 128 valence electrons. The molecule has 0 aliphatic heterocycles. The summed E-state index contributed by atoms with van der Waals surface area (Å²) in [5.41, 5.74) is 4.74. The number of hydrogen-bond acceptors (Lipinski definition) is 6. The predicted molar refractivity (Wildman–Crippen MR) is 86.2 cm³/mol. The highest BCUT2D eigenvalue weighted by Gasteiger charge is 2.12. The summed E-state index contributed by atoms with van der Waals surface area (Å²) in [4.78, 5) is 25.0. The molecule has 0 spiro atoms. The summed E-state index contributed by atoms with van der Waals surface area (Å²) in [5, 5.41) is 9.27. The van der Waals surface area contributed by atoms with Crippen molar-refractivity contribution in [3.05, 3.63) is 30.6 Å². The SMILES string of the molecule is C=CCCC(C)OC(=O)CC.COc1ccnc(C(N)=O)c1O. The largest absolute Gasteiger partial charge is 0.503 e. The van der Waals surface area contributed by atoms with Crippen LogP contribution in [-0.4, -0.2) is 35.2 Å². The number of aromatic nitrogens is 1. The lowest BCUT2D eigenvalue weighted by atomic mass is 10.2. The van der Waals surface area contributed by atoms with Crippen molar-refractivity contribution < 1.29 is 24.2 Å². The van der Waals surface area contributed by atoms with Crippen molar-refractivity contribution in [1.82, 2.24) is 4.98 Å². The first kappa shape index (κ1) is 20.4. The van der Waals surface area contributed by atoms with Crippen LogP contribution in [0.25, 0.3) is 0 Å². The zero-order chi connectivity index (χ0) is 17.8. The third kappa shape index (κ3) is 7.85. The fraction of sp³-hybridized carbons (Fsp3) is 0.438. The Morgan fingerprint density at radius 2 is 2.17 bits per heavy atom. The van der Waals surface area contributed by atoms with Gasteiger partial charge in [0, 0.05) is 18.7 Å². The van der Waals surface area contributed by atoms with Crippen molar-refractivity contribution in [2.24, 2.45) is 5.73 Å². The molecule has 0 bridgehead atoms. The number of pyridine rings is 1. The quantitative estimate of drug-likeness (QED) is 0.587. The third-order valence-electron chi connectivity index (χ3n) is 2.74. The molecule has 0 aliphatic carbocycles. The summed E-state index contributed by atoms with van der Waals surface area (Å²) in [6.45, 7) is 7.29. The van der Waals surface area contributed by atoms with Gasteiger partial charge >= 0.3 is 5.97 Å². The van der Waals surface area contributed by atoms with E-state index < -0.39 is 5.91 Å². The number of carbonyl (C=O) groups excluding carboxylic acids is 2. The lowest BCUT2D eigenvalue weighted by Gasteiger charge is -2.10. The van der Waals surface area contributed by atoms with Gasteiger partial charge in [0.2, 0.25) is 0 Å². The van der Waals surface area contributed by atoms with Crippen molar-refractivity contribution in [2.75, 3.05) is 7.11 Å². The molecule has 0 radical (unpaired) electrons. The second-order valence-corrected chi connectivity index (χ2v) is 4.59. The summed E-state index contributed by atoms with van der Waals surface area (Å²) >= 11 is 0. The van der Waals surface area contributed by atoms with E-state index in [2.05, 4.69) is 11.6 Å². The van der Waals surface area contributed by atoms with Gasteiger partial charge in [-0.1, -0.05) is 13.0 Å². The molecule has 1 unspecified atom stereocenters. The summed E-state index contributed by atoms with van der Waals surface area (Å²) in [6, 6.07) is 1.43. The van der Waals surface area contributed by atoms with Gasteiger partial charge < -0.3 is 20.3 Å². The van der Waals surface area contributed by atoms with Crippen molar-refractivity contribution in [1.29, 1.82) is 0 Å². The van der Waals surface area contributed by atoms with Gasteiger partial charge in [-0.15, -0.1) is 6.58 Å². The van der Waals surface area contributed by atoms with Gasteiger partial charge in [-0.2, -0.15) is 0 Å². The Labute approximate surface area is 136 Å². The van der Waals surface area contributed by atoms with Gasteiger partial charge in [0.15, 0.2) is 17.2 Å². The van der Waals surface area contributed by atoms with E-state index in [0.29, 0.717) is 6.42 Å². The van der Waals surface area contributed by atoms with Crippen molar-refractivity contribution >= 4 is 11.9 Å². The molecule has 0 saturated heterocycles. The number of hydrogen-bond donors (Lipinski definition) is 2. The highest BCUT2D eigenvalue weighted by atomic mass is 16.5. The van der Waals surface area contributed by atoms with E-state index in [9.17, 15) is 14.7 Å². The number of amides is 1. The lowest BCUT2D eigenvalue weighted by molar-refractivity contribution is -0.148. The lowest BCUT2D eigenvalue weighted by Crippen LogP contribution is -2.13. The minimum absolute atomic E-state index is 0.0282. The number of methoxy groups -OCH3 is 1. The van der Waals surface area contributed by atoms with E-state index in [1.165, 1.54) is 19.4 Å². The maximum Gasteiger partial charge on any atom is 0.305 e. The molecule has 7 nitrogen and oxygen atoms in total. The molecule has 3 N–H and O–H groups in total. The summed E-state index contributed by atoms with van der Waals surface area (Å²) in [6.07, 6.45) is 5.42.